The second-order valence-electron chi connectivity index (χ2n) is 11.2. The fourth-order valence-corrected chi connectivity index (χ4v) is 5.49. The molecule has 1 N–H and O–H groups in total. The maximum absolute atomic E-state index is 13.6. The van der Waals surface area contributed by atoms with Crippen molar-refractivity contribution >= 4 is 22.8 Å². The molecular formula is C29H31N3O3. The second kappa shape index (κ2) is 7.98. The monoisotopic (exact) mass is 469 g/mol. The number of ether oxygens (including phenoxy) is 1. The molecule has 0 atom stereocenters. The first-order valence-corrected chi connectivity index (χ1v) is 12.2. The number of nitrogens with zero attached hydrogens (tertiary/aromatic N) is 2. The van der Waals surface area contributed by atoms with E-state index in [1.807, 2.05) is 39.0 Å². The quantitative estimate of drug-likeness (QED) is 0.472. The lowest BCUT2D eigenvalue weighted by molar-refractivity contribution is 0.0204. The van der Waals surface area contributed by atoms with Crippen molar-refractivity contribution in [2.24, 2.45) is 0 Å². The van der Waals surface area contributed by atoms with Gasteiger partial charge in [-0.15, -0.1) is 0 Å². The summed E-state index contributed by atoms with van der Waals surface area (Å²) in [6.07, 6.45) is 1.47. The van der Waals surface area contributed by atoms with Crippen LogP contribution < -0.4 is 0 Å². The van der Waals surface area contributed by atoms with Crippen LogP contribution in [0.5, 0.6) is 0 Å². The van der Waals surface area contributed by atoms with Crippen molar-refractivity contribution in [1.29, 1.82) is 5.26 Å². The molecule has 6 nitrogen and oxygen atoms in total. The topological polar surface area (TPSA) is 86.2 Å². The second-order valence-corrected chi connectivity index (χ2v) is 11.2. The molecule has 0 saturated carbocycles. The zero-order valence-corrected chi connectivity index (χ0v) is 21.0. The SMILES string of the molecule is CC(C)(C)OC(=O)N1CCC(c2ccc3c(c2)C(C)(C)c2[nH]c4cc(C#N)ccc4c2C3=O)CC1. The smallest absolute Gasteiger partial charge is 0.410 e. The van der Waals surface area contributed by atoms with Gasteiger partial charge in [-0.1, -0.05) is 38.1 Å². The third-order valence-electron chi connectivity index (χ3n) is 7.36. The van der Waals surface area contributed by atoms with Crippen LogP contribution in [0.2, 0.25) is 0 Å². The summed E-state index contributed by atoms with van der Waals surface area (Å²) < 4.78 is 5.53. The minimum Gasteiger partial charge on any atom is -0.444 e. The fraction of sp³-hybridized carbons (Fsp3) is 0.414. The van der Waals surface area contributed by atoms with Crippen LogP contribution in [0.1, 0.15) is 91.7 Å². The zero-order valence-electron chi connectivity index (χ0n) is 21.0. The molecule has 1 saturated heterocycles. The molecule has 6 heteroatoms. The predicted octanol–water partition coefficient (Wildman–Crippen LogP) is 6.02. The Morgan fingerprint density at radius 1 is 1.14 bits per heavy atom. The van der Waals surface area contributed by atoms with Gasteiger partial charge < -0.3 is 14.6 Å². The van der Waals surface area contributed by atoms with Crippen LogP contribution in [0.15, 0.2) is 36.4 Å². The van der Waals surface area contributed by atoms with Crippen LogP contribution in [0.25, 0.3) is 10.9 Å². The summed E-state index contributed by atoms with van der Waals surface area (Å²) in [7, 11) is 0. The molecule has 0 spiro atoms. The van der Waals surface area contributed by atoms with E-state index in [1.54, 1.807) is 11.0 Å². The van der Waals surface area contributed by atoms with Gasteiger partial charge in [0.05, 0.1) is 17.2 Å². The van der Waals surface area contributed by atoms with Gasteiger partial charge in [0.25, 0.3) is 0 Å². The molecule has 5 rings (SSSR count). The molecule has 35 heavy (non-hydrogen) atoms. The van der Waals surface area contributed by atoms with E-state index in [4.69, 9.17) is 4.74 Å². The summed E-state index contributed by atoms with van der Waals surface area (Å²) in [5.74, 6) is 0.351. The summed E-state index contributed by atoms with van der Waals surface area (Å²) in [6, 6.07) is 13.9. The third kappa shape index (κ3) is 3.89. The first-order chi connectivity index (χ1) is 16.5. The number of likely N-dealkylation sites (tertiary alicyclic amines) is 1. The summed E-state index contributed by atoms with van der Waals surface area (Å²) in [5, 5.41) is 10.2. The first kappa shape index (κ1) is 23.2. The maximum Gasteiger partial charge on any atom is 0.410 e. The van der Waals surface area contributed by atoms with E-state index in [-0.39, 0.29) is 11.9 Å². The molecule has 0 bridgehead atoms. The first-order valence-electron chi connectivity index (χ1n) is 12.2. The number of benzene rings is 2. The van der Waals surface area contributed by atoms with Crippen LogP contribution in [-0.2, 0) is 10.2 Å². The van der Waals surface area contributed by atoms with E-state index >= 15 is 0 Å². The number of nitrogens with one attached hydrogen (secondary N) is 1. The molecule has 3 aromatic rings. The van der Waals surface area contributed by atoms with Gasteiger partial charge in [0, 0.05) is 40.7 Å². The van der Waals surface area contributed by atoms with E-state index in [0.29, 0.717) is 30.1 Å². The van der Waals surface area contributed by atoms with Crippen molar-refractivity contribution in [3.63, 3.8) is 0 Å². The minimum atomic E-state index is -0.498. The van der Waals surface area contributed by atoms with Crippen molar-refractivity contribution in [2.45, 2.75) is 64.4 Å². The van der Waals surface area contributed by atoms with E-state index in [2.05, 4.69) is 37.0 Å². The number of fused-ring (bicyclic) bond motifs is 4. The van der Waals surface area contributed by atoms with E-state index < -0.39 is 11.0 Å². The van der Waals surface area contributed by atoms with Crippen molar-refractivity contribution in [3.05, 3.63) is 69.9 Å². The Morgan fingerprint density at radius 3 is 2.51 bits per heavy atom. The van der Waals surface area contributed by atoms with E-state index in [9.17, 15) is 14.9 Å². The Labute approximate surface area is 205 Å². The molecule has 1 fully saturated rings. The maximum atomic E-state index is 13.6. The molecule has 0 unspecified atom stereocenters. The number of hydrogen-bond acceptors (Lipinski definition) is 4. The molecule has 1 aliphatic carbocycles. The lowest BCUT2D eigenvalue weighted by atomic mass is 9.70. The lowest BCUT2D eigenvalue weighted by Gasteiger charge is -2.35. The Balaban J connectivity index is 1.44. The van der Waals surface area contributed by atoms with Crippen molar-refractivity contribution in [1.82, 2.24) is 9.88 Å². The summed E-state index contributed by atoms with van der Waals surface area (Å²) >= 11 is 0. The highest BCUT2D eigenvalue weighted by atomic mass is 16.6. The van der Waals surface area contributed by atoms with Gasteiger partial charge in [0.1, 0.15) is 5.60 Å². The van der Waals surface area contributed by atoms with Gasteiger partial charge in [-0.25, -0.2) is 4.79 Å². The Kier molecular flexibility index (Phi) is 5.28. The van der Waals surface area contributed by atoms with Gasteiger partial charge in [0.15, 0.2) is 5.78 Å². The standard InChI is InChI=1S/C29H31N3O3/c1-28(2,3)35-27(34)32-12-10-18(11-13-32)19-7-9-20-22(15-19)29(4,5)26-24(25(20)33)21-8-6-17(16-30)14-23(21)31-26/h6-9,14-15,18,31H,10-13H2,1-5H3. The number of hydrogen-bond donors (Lipinski definition) is 1. The highest BCUT2D eigenvalue weighted by Gasteiger charge is 2.40. The van der Waals surface area contributed by atoms with Crippen LogP contribution in [-0.4, -0.2) is 40.5 Å². The van der Waals surface area contributed by atoms with Crippen LogP contribution in [0, 0.1) is 11.3 Å². The van der Waals surface area contributed by atoms with Crippen molar-refractivity contribution in [2.75, 3.05) is 13.1 Å². The van der Waals surface area contributed by atoms with Crippen LogP contribution in [0.4, 0.5) is 4.79 Å². The average molecular weight is 470 g/mol. The Hall–Kier alpha value is -3.59. The summed E-state index contributed by atoms with van der Waals surface area (Å²) in [4.78, 5) is 31.3. The number of H-pyrrole nitrogens is 1. The number of aromatic nitrogens is 1. The number of rotatable bonds is 1. The number of nitriles is 1. The third-order valence-corrected chi connectivity index (χ3v) is 7.36. The van der Waals surface area contributed by atoms with Gasteiger partial charge in [-0.05, 0) is 62.8 Å². The van der Waals surface area contributed by atoms with Crippen LogP contribution in [0.3, 0.4) is 0 Å². The highest BCUT2D eigenvalue weighted by molar-refractivity contribution is 6.20. The number of piperidine rings is 1. The molecule has 1 aromatic heterocycles. The fourth-order valence-electron chi connectivity index (χ4n) is 5.49. The largest absolute Gasteiger partial charge is 0.444 e. The van der Waals surface area contributed by atoms with E-state index in [1.165, 1.54) is 5.56 Å². The Morgan fingerprint density at radius 2 is 1.86 bits per heavy atom. The predicted molar refractivity (Wildman–Crippen MR) is 135 cm³/mol. The molecule has 2 heterocycles. The normalized spacial score (nSPS) is 17.6. The molecule has 2 aliphatic rings. The number of ketones is 1. The summed E-state index contributed by atoms with van der Waals surface area (Å²) in [6.45, 7) is 11.3. The highest BCUT2D eigenvalue weighted by Crippen LogP contribution is 2.45. The van der Waals surface area contributed by atoms with Crippen molar-refractivity contribution < 1.29 is 14.3 Å². The average Bonchev–Trinajstić information content (AvgIpc) is 3.21. The molecule has 1 amide bonds. The molecule has 1 aliphatic heterocycles. The van der Waals surface area contributed by atoms with Crippen LogP contribution >= 0.6 is 0 Å². The number of aromatic amines is 1. The number of carbonyl (C=O) groups excluding carboxylic acids is 2. The van der Waals surface area contributed by atoms with Crippen molar-refractivity contribution in [3.8, 4) is 6.07 Å². The zero-order chi connectivity index (χ0) is 25.1. The Bertz CT molecular complexity index is 1390. The number of amides is 1. The number of carbonyl (C=O) groups is 2. The van der Waals surface area contributed by atoms with Gasteiger partial charge >= 0.3 is 6.09 Å². The van der Waals surface area contributed by atoms with E-state index in [0.717, 1.165) is 40.6 Å². The van der Waals surface area contributed by atoms with Gasteiger partial charge in [-0.3, -0.25) is 4.79 Å². The minimum absolute atomic E-state index is 0.0246. The van der Waals surface area contributed by atoms with Gasteiger partial charge in [0.2, 0.25) is 0 Å². The molecule has 0 radical (unpaired) electrons. The lowest BCUT2D eigenvalue weighted by Crippen LogP contribution is -2.41. The molecule has 180 valence electrons. The molecular weight excluding hydrogens is 438 g/mol. The van der Waals surface area contributed by atoms with Gasteiger partial charge in [-0.2, -0.15) is 5.26 Å². The molecule has 2 aromatic carbocycles. The summed E-state index contributed by atoms with van der Waals surface area (Å²) in [5.41, 5.74) is 5.07.